The van der Waals surface area contributed by atoms with Gasteiger partial charge in [-0.3, -0.25) is 10.1 Å². The second-order valence-electron chi connectivity index (χ2n) is 3.93. The first-order valence-corrected chi connectivity index (χ1v) is 5.67. The van der Waals surface area contributed by atoms with Gasteiger partial charge in [-0.1, -0.05) is 6.07 Å². The number of H-pyrrole nitrogens is 1. The quantitative estimate of drug-likeness (QED) is 0.854. The molecule has 5 heteroatoms. The van der Waals surface area contributed by atoms with E-state index in [1.807, 2.05) is 12.1 Å². The van der Waals surface area contributed by atoms with Crippen LogP contribution in [0.25, 0.3) is 10.9 Å². The van der Waals surface area contributed by atoms with Crippen LogP contribution in [-0.4, -0.2) is 17.7 Å². The normalized spacial score (nSPS) is 10.3. The third kappa shape index (κ3) is 2.51. The molecule has 0 spiro atoms. The van der Waals surface area contributed by atoms with Crippen molar-refractivity contribution in [1.29, 1.82) is 0 Å². The number of anilines is 1. The number of rotatable bonds is 2. The van der Waals surface area contributed by atoms with Gasteiger partial charge in [0, 0.05) is 11.3 Å². The molecule has 0 aliphatic carbocycles. The molecule has 0 fully saturated rings. The molecule has 0 aliphatic heterocycles. The van der Waals surface area contributed by atoms with Gasteiger partial charge >= 0.3 is 6.09 Å². The van der Waals surface area contributed by atoms with Crippen LogP contribution >= 0.6 is 0 Å². The maximum Gasteiger partial charge on any atom is 0.411 e. The number of fused-ring (bicyclic) bond motifs is 1. The highest BCUT2D eigenvalue weighted by Gasteiger charge is 2.04. The fourth-order valence-corrected chi connectivity index (χ4v) is 1.67. The molecule has 2 N–H and O–H groups in total. The Kier molecular flexibility index (Phi) is 3.32. The summed E-state index contributed by atoms with van der Waals surface area (Å²) in [6, 6.07) is 7.10. The number of aromatic amines is 1. The maximum atomic E-state index is 11.5. The van der Waals surface area contributed by atoms with E-state index < -0.39 is 6.09 Å². The number of hydrogen-bond donors (Lipinski definition) is 2. The van der Waals surface area contributed by atoms with E-state index in [1.54, 1.807) is 26.0 Å². The van der Waals surface area contributed by atoms with Gasteiger partial charge in [-0.15, -0.1) is 0 Å². The molecule has 2 rings (SSSR count). The smallest absolute Gasteiger partial charge is 0.411 e. The van der Waals surface area contributed by atoms with E-state index in [4.69, 9.17) is 4.74 Å². The molecule has 18 heavy (non-hydrogen) atoms. The van der Waals surface area contributed by atoms with E-state index in [0.29, 0.717) is 23.4 Å². The van der Waals surface area contributed by atoms with E-state index in [2.05, 4.69) is 10.3 Å². The lowest BCUT2D eigenvalue weighted by molar-refractivity contribution is 0.168. The predicted molar refractivity (Wildman–Crippen MR) is 70.0 cm³/mol. The summed E-state index contributed by atoms with van der Waals surface area (Å²) in [6.45, 7) is 3.80. The van der Waals surface area contributed by atoms with Crippen LogP contribution in [0.3, 0.4) is 0 Å². The highest BCUT2D eigenvalue weighted by atomic mass is 16.5. The van der Waals surface area contributed by atoms with Crippen LogP contribution in [0.1, 0.15) is 12.5 Å². The van der Waals surface area contributed by atoms with E-state index in [9.17, 15) is 9.59 Å². The zero-order valence-corrected chi connectivity index (χ0v) is 10.2. The Morgan fingerprint density at radius 2 is 2.17 bits per heavy atom. The molecule has 1 aromatic carbocycles. The summed E-state index contributed by atoms with van der Waals surface area (Å²) in [4.78, 5) is 25.5. The largest absolute Gasteiger partial charge is 0.450 e. The summed E-state index contributed by atoms with van der Waals surface area (Å²) >= 11 is 0. The Morgan fingerprint density at radius 3 is 2.89 bits per heavy atom. The van der Waals surface area contributed by atoms with Crippen molar-refractivity contribution < 1.29 is 9.53 Å². The van der Waals surface area contributed by atoms with Crippen LogP contribution in [0.5, 0.6) is 0 Å². The van der Waals surface area contributed by atoms with E-state index in [-0.39, 0.29) is 5.56 Å². The molecule has 1 amide bonds. The van der Waals surface area contributed by atoms with Crippen LogP contribution in [0, 0.1) is 6.92 Å². The van der Waals surface area contributed by atoms with Gasteiger partial charge in [0.1, 0.15) is 0 Å². The zero-order chi connectivity index (χ0) is 13.1. The topological polar surface area (TPSA) is 71.2 Å². The Hall–Kier alpha value is -2.30. The summed E-state index contributed by atoms with van der Waals surface area (Å²) in [6.07, 6.45) is -0.508. The molecule has 0 saturated carbocycles. The minimum absolute atomic E-state index is 0.129. The number of aromatic nitrogens is 1. The molecular weight excluding hydrogens is 232 g/mol. The highest BCUT2D eigenvalue weighted by molar-refractivity contribution is 5.89. The van der Waals surface area contributed by atoms with E-state index in [0.717, 1.165) is 5.39 Å². The van der Waals surface area contributed by atoms with Gasteiger partial charge in [-0.25, -0.2) is 4.79 Å². The summed E-state index contributed by atoms with van der Waals surface area (Å²) in [5.41, 5.74) is 1.80. The fourth-order valence-electron chi connectivity index (χ4n) is 1.67. The van der Waals surface area contributed by atoms with Crippen molar-refractivity contribution in [1.82, 2.24) is 4.98 Å². The molecular formula is C13H14N2O3. The van der Waals surface area contributed by atoms with Gasteiger partial charge in [-0.2, -0.15) is 0 Å². The second-order valence-corrected chi connectivity index (χ2v) is 3.93. The summed E-state index contributed by atoms with van der Waals surface area (Å²) < 4.78 is 4.78. The van der Waals surface area contributed by atoms with Gasteiger partial charge in [0.15, 0.2) is 0 Å². The Bertz CT molecular complexity index is 646. The van der Waals surface area contributed by atoms with Crippen molar-refractivity contribution in [3.05, 3.63) is 40.2 Å². The maximum absolute atomic E-state index is 11.5. The number of hydrogen-bond acceptors (Lipinski definition) is 3. The minimum Gasteiger partial charge on any atom is -0.450 e. The Balaban J connectivity index is 2.35. The zero-order valence-electron chi connectivity index (χ0n) is 10.2. The molecule has 94 valence electrons. The first-order valence-electron chi connectivity index (χ1n) is 5.67. The van der Waals surface area contributed by atoms with Crippen molar-refractivity contribution in [3.63, 3.8) is 0 Å². The lowest BCUT2D eigenvalue weighted by Gasteiger charge is -2.06. The Morgan fingerprint density at radius 1 is 1.39 bits per heavy atom. The van der Waals surface area contributed by atoms with Crippen molar-refractivity contribution in [2.24, 2.45) is 0 Å². The predicted octanol–water partition coefficient (Wildman–Crippen LogP) is 2.40. The van der Waals surface area contributed by atoms with Crippen LogP contribution < -0.4 is 10.9 Å². The molecule has 0 unspecified atom stereocenters. The number of carbonyl (C=O) groups excluding carboxylic acids is 1. The number of ether oxygens (including phenoxy) is 1. The van der Waals surface area contributed by atoms with Gasteiger partial charge in [0.25, 0.3) is 5.56 Å². The minimum atomic E-state index is -0.508. The van der Waals surface area contributed by atoms with Crippen molar-refractivity contribution in [3.8, 4) is 0 Å². The van der Waals surface area contributed by atoms with Crippen LogP contribution in [0.2, 0.25) is 0 Å². The first-order chi connectivity index (χ1) is 8.60. The van der Waals surface area contributed by atoms with Gasteiger partial charge in [0.05, 0.1) is 12.1 Å². The molecule has 1 aromatic heterocycles. The third-order valence-electron chi connectivity index (χ3n) is 2.55. The number of aryl methyl sites for hydroxylation is 1. The number of pyridine rings is 1. The standard InChI is InChI=1S/C13H14N2O3/c1-3-18-13(17)14-10-5-4-9-6-8(2)12(16)15-11(9)7-10/h4-7H,3H2,1-2H3,(H,14,17)(H,15,16). The fraction of sp³-hybridized carbons (Fsp3) is 0.231. The second kappa shape index (κ2) is 4.91. The monoisotopic (exact) mass is 246 g/mol. The van der Waals surface area contributed by atoms with Crippen LogP contribution in [-0.2, 0) is 4.74 Å². The molecule has 0 radical (unpaired) electrons. The molecule has 0 atom stereocenters. The molecule has 2 aromatic rings. The average molecular weight is 246 g/mol. The van der Waals surface area contributed by atoms with Crippen molar-refractivity contribution in [2.75, 3.05) is 11.9 Å². The number of benzene rings is 1. The number of nitrogens with one attached hydrogen (secondary N) is 2. The Labute approximate surface area is 104 Å². The molecule has 1 heterocycles. The lowest BCUT2D eigenvalue weighted by Crippen LogP contribution is -2.13. The molecule has 0 bridgehead atoms. The highest BCUT2D eigenvalue weighted by Crippen LogP contribution is 2.17. The van der Waals surface area contributed by atoms with Crippen molar-refractivity contribution >= 4 is 22.7 Å². The van der Waals surface area contributed by atoms with Crippen LogP contribution in [0.15, 0.2) is 29.1 Å². The van der Waals surface area contributed by atoms with Gasteiger partial charge in [-0.05, 0) is 37.4 Å². The van der Waals surface area contributed by atoms with E-state index >= 15 is 0 Å². The molecule has 0 saturated heterocycles. The third-order valence-corrected chi connectivity index (χ3v) is 2.55. The van der Waals surface area contributed by atoms with E-state index in [1.165, 1.54) is 0 Å². The lowest BCUT2D eigenvalue weighted by atomic mass is 10.1. The van der Waals surface area contributed by atoms with Crippen LogP contribution in [0.4, 0.5) is 10.5 Å². The average Bonchev–Trinajstić information content (AvgIpc) is 2.31. The summed E-state index contributed by atoms with van der Waals surface area (Å²) in [5, 5.41) is 3.50. The first kappa shape index (κ1) is 12.2. The molecule has 0 aliphatic rings. The van der Waals surface area contributed by atoms with Gasteiger partial charge < -0.3 is 9.72 Å². The number of amides is 1. The summed E-state index contributed by atoms with van der Waals surface area (Å²) in [7, 11) is 0. The summed E-state index contributed by atoms with van der Waals surface area (Å²) in [5.74, 6) is 0. The number of carbonyl (C=O) groups is 1. The van der Waals surface area contributed by atoms with Gasteiger partial charge in [0.2, 0.25) is 0 Å². The SMILES string of the molecule is CCOC(=O)Nc1ccc2cc(C)c(=O)[nH]c2c1. The molecule has 5 nitrogen and oxygen atoms in total. The van der Waals surface area contributed by atoms with Crippen molar-refractivity contribution in [2.45, 2.75) is 13.8 Å².